The Morgan fingerprint density at radius 1 is 1.24 bits per heavy atom. The molecule has 3 N–H and O–H groups in total. The monoisotopic (exact) mass is 295 g/mol. The van der Waals surface area contributed by atoms with Crippen LogP contribution in [0.25, 0.3) is 0 Å². The van der Waals surface area contributed by atoms with Crippen molar-refractivity contribution in [1.82, 2.24) is 10.6 Å². The molecule has 21 heavy (non-hydrogen) atoms. The second-order valence-corrected chi connectivity index (χ2v) is 4.82. The maximum Gasteiger partial charge on any atom is 0.310 e. The molecule has 0 spiro atoms. The lowest BCUT2D eigenvalue weighted by molar-refractivity contribution is -0.385. The molecule has 0 radical (unpaired) electrons. The number of rotatable bonds is 5. The maximum absolute atomic E-state index is 11.9. The number of nitrogens with one attached hydrogen (secondary N) is 2. The first-order chi connectivity index (χ1) is 9.72. The second-order valence-electron chi connectivity index (χ2n) is 4.82. The van der Waals surface area contributed by atoms with E-state index in [1.165, 1.54) is 13.0 Å². The lowest BCUT2D eigenvalue weighted by Crippen LogP contribution is -2.46. The van der Waals surface area contributed by atoms with Gasteiger partial charge in [0.05, 0.1) is 4.92 Å². The predicted molar refractivity (Wildman–Crippen MR) is 75.0 cm³/mol. The minimum absolute atomic E-state index is 0.0299. The van der Waals surface area contributed by atoms with Crippen LogP contribution < -0.4 is 10.6 Å². The average Bonchev–Trinajstić information content (AvgIpc) is 2.36. The van der Waals surface area contributed by atoms with E-state index in [4.69, 9.17) is 0 Å². The highest BCUT2D eigenvalue weighted by molar-refractivity contribution is 5.98. The van der Waals surface area contributed by atoms with Gasteiger partial charge in [0, 0.05) is 17.7 Å². The molecule has 0 aromatic heterocycles. The molecule has 1 unspecified atom stereocenters. The van der Waals surface area contributed by atoms with E-state index >= 15 is 0 Å². The Bertz CT molecular complexity index is 571. The van der Waals surface area contributed by atoms with Crippen molar-refractivity contribution in [3.8, 4) is 5.75 Å². The van der Waals surface area contributed by atoms with Crippen LogP contribution in [0.2, 0.25) is 0 Å². The Morgan fingerprint density at radius 2 is 1.86 bits per heavy atom. The minimum atomic E-state index is -0.766. The van der Waals surface area contributed by atoms with E-state index in [1.807, 2.05) is 0 Å². The molecule has 0 aliphatic heterocycles. The molecule has 1 rings (SSSR count). The first-order valence-electron chi connectivity index (χ1n) is 6.31. The van der Waals surface area contributed by atoms with E-state index in [2.05, 4.69) is 10.6 Å². The number of nitrogens with zero attached hydrogens (tertiary/aromatic N) is 1. The summed E-state index contributed by atoms with van der Waals surface area (Å²) in [6, 6.07) is 2.40. The van der Waals surface area contributed by atoms with Crippen LogP contribution in [0, 0.1) is 10.1 Å². The standard InChI is InChI=1S/C13H17N3O5/c1-7(2)14-12(18)8(3)15-13(19)9-4-5-10(16(20)21)11(17)6-9/h4-8,17H,1-3H3,(H,14,18)(H,15,19). The van der Waals surface area contributed by atoms with Crippen molar-refractivity contribution < 1.29 is 19.6 Å². The number of phenolic OH excluding ortho intramolecular Hbond substituents is 1. The second kappa shape index (κ2) is 6.69. The van der Waals surface area contributed by atoms with E-state index in [0.717, 1.165) is 12.1 Å². The predicted octanol–water partition coefficient (Wildman–Crippen LogP) is 0.943. The molecule has 0 saturated heterocycles. The number of aromatic hydroxyl groups is 1. The molecule has 1 aromatic rings. The molecule has 0 saturated carbocycles. The summed E-state index contributed by atoms with van der Waals surface area (Å²) in [5, 5.41) is 25.1. The summed E-state index contributed by atoms with van der Waals surface area (Å²) >= 11 is 0. The highest BCUT2D eigenvalue weighted by Crippen LogP contribution is 2.26. The van der Waals surface area contributed by atoms with Crippen LogP contribution in [-0.4, -0.2) is 33.9 Å². The van der Waals surface area contributed by atoms with Crippen LogP contribution in [0.4, 0.5) is 5.69 Å². The van der Waals surface area contributed by atoms with Crippen molar-refractivity contribution >= 4 is 17.5 Å². The number of carbonyl (C=O) groups is 2. The van der Waals surface area contributed by atoms with E-state index < -0.39 is 28.3 Å². The Morgan fingerprint density at radius 3 is 2.33 bits per heavy atom. The number of amides is 2. The molecule has 0 fully saturated rings. The van der Waals surface area contributed by atoms with Gasteiger partial charge in [-0.15, -0.1) is 0 Å². The number of nitro benzene ring substituents is 1. The van der Waals surface area contributed by atoms with Crippen LogP contribution in [0.3, 0.4) is 0 Å². The third-order valence-corrected chi connectivity index (χ3v) is 2.61. The van der Waals surface area contributed by atoms with Gasteiger partial charge in [-0.2, -0.15) is 0 Å². The number of nitro groups is 1. The zero-order chi connectivity index (χ0) is 16.2. The molecular formula is C13H17N3O5. The first kappa shape index (κ1) is 16.4. The normalized spacial score (nSPS) is 11.8. The van der Waals surface area contributed by atoms with Gasteiger partial charge >= 0.3 is 5.69 Å². The van der Waals surface area contributed by atoms with Crippen molar-refractivity contribution in [2.24, 2.45) is 0 Å². The summed E-state index contributed by atoms with van der Waals surface area (Å²) in [4.78, 5) is 33.4. The van der Waals surface area contributed by atoms with Crippen LogP contribution in [0.15, 0.2) is 18.2 Å². The van der Waals surface area contributed by atoms with E-state index in [1.54, 1.807) is 13.8 Å². The number of hydrogen-bond donors (Lipinski definition) is 3. The lowest BCUT2D eigenvalue weighted by atomic mass is 10.1. The van der Waals surface area contributed by atoms with Gasteiger partial charge in [0.15, 0.2) is 5.75 Å². The molecule has 8 nitrogen and oxygen atoms in total. The SMILES string of the molecule is CC(C)NC(=O)C(C)NC(=O)c1ccc([N+](=O)[O-])c(O)c1. The van der Waals surface area contributed by atoms with Crippen LogP contribution in [0.1, 0.15) is 31.1 Å². The molecule has 2 amide bonds. The fourth-order valence-corrected chi connectivity index (χ4v) is 1.57. The number of hydrogen-bond acceptors (Lipinski definition) is 5. The summed E-state index contributed by atoms with van der Waals surface area (Å²) in [6.45, 7) is 5.10. The molecule has 0 bridgehead atoms. The third kappa shape index (κ3) is 4.44. The molecule has 1 aromatic carbocycles. The van der Waals surface area contributed by atoms with Crippen molar-refractivity contribution in [3.05, 3.63) is 33.9 Å². The molecule has 114 valence electrons. The van der Waals surface area contributed by atoms with Gasteiger partial charge in [0.25, 0.3) is 5.91 Å². The van der Waals surface area contributed by atoms with Gasteiger partial charge in [-0.05, 0) is 32.9 Å². The van der Waals surface area contributed by atoms with Gasteiger partial charge in [0.2, 0.25) is 5.91 Å². The van der Waals surface area contributed by atoms with Crippen molar-refractivity contribution in [2.75, 3.05) is 0 Å². The van der Waals surface area contributed by atoms with Crippen molar-refractivity contribution in [3.63, 3.8) is 0 Å². The van der Waals surface area contributed by atoms with Gasteiger partial charge in [-0.25, -0.2) is 0 Å². The summed E-state index contributed by atoms with van der Waals surface area (Å²) in [5.74, 6) is -1.55. The third-order valence-electron chi connectivity index (χ3n) is 2.61. The van der Waals surface area contributed by atoms with Gasteiger partial charge in [0.1, 0.15) is 6.04 Å². The number of phenols is 1. The first-order valence-corrected chi connectivity index (χ1v) is 6.31. The summed E-state index contributed by atoms with van der Waals surface area (Å²) < 4.78 is 0. The Balaban J connectivity index is 2.78. The van der Waals surface area contributed by atoms with Crippen molar-refractivity contribution in [2.45, 2.75) is 32.9 Å². The zero-order valence-corrected chi connectivity index (χ0v) is 11.9. The minimum Gasteiger partial charge on any atom is -0.502 e. The Kier molecular flexibility index (Phi) is 5.23. The van der Waals surface area contributed by atoms with Gasteiger partial charge in [-0.3, -0.25) is 19.7 Å². The Hall–Kier alpha value is -2.64. The smallest absolute Gasteiger partial charge is 0.310 e. The highest BCUT2D eigenvalue weighted by Gasteiger charge is 2.20. The van der Waals surface area contributed by atoms with Crippen LogP contribution in [-0.2, 0) is 4.79 Å². The number of carbonyl (C=O) groups excluding carboxylic acids is 2. The maximum atomic E-state index is 11.9. The van der Waals surface area contributed by atoms with E-state index in [-0.39, 0.29) is 17.5 Å². The molecule has 0 aliphatic rings. The van der Waals surface area contributed by atoms with E-state index in [9.17, 15) is 24.8 Å². The summed E-state index contributed by atoms with van der Waals surface area (Å²) in [6.07, 6.45) is 0. The molecule has 1 atom stereocenters. The summed E-state index contributed by atoms with van der Waals surface area (Å²) in [7, 11) is 0. The molecular weight excluding hydrogens is 278 g/mol. The molecule has 0 aliphatic carbocycles. The lowest BCUT2D eigenvalue weighted by Gasteiger charge is -2.16. The summed E-state index contributed by atoms with van der Waals surface area (Å²) in [5.41, 5.74) is -0.459. The van der Waals surface area contributed by atoms with Crippen molar-refractivity contribution in [1.29, 1.82) is 0 Å². The zero-order valence-electron chi connectivity index (χ0n) is 11.9. The highest BCUT2D eigenvalue weighted by atomic mass is 16.6. The quantitative estimate of drug-likeness (QED) is 0.551. The van der Waals surface area contributed by atoms with Crippen LogP contribution >= 0.6 is 0 Å². The fourth-order valence-electron chi connectivity index (χ4n) is 1.57. The average molecular weight is 295 g/mol. The fraction of sp³-hybridized carbons (Fsp3) is 0.385. The van der Waals surface area contributed by atoms with Gasteiger partial charge in [-0.1, -0.05) is 0 Å². The molecule has 0 heterocycles. The molecule has 8 heteroatoms. The van der Waals surface area contributed by atoms with Gasteiger partial charge < -0.3 is 15.7 Å². The number of benzene rings is 1. The van der Waals surface area contributed by atoms with Crippen LogP contribution in [0.5, 0.6) is 5.75 Å². The topological polar surface area (TPSA) is 122 Å². The largest absolute Gasteiger partial charge is 0.502 e. The Labute approximate surface area is 121 Å². The van der Waals surface area contributed by atoms with E-state index in [0.29, 0.717) is 0 Å².